The van der Waals surface area contributed by atoms with Crippen molar-refractivity contribution in [2.45, 2.75) is 25.7 Å². The van der Waals surface area contributed by atoms with E-state index in [1.165, 1.54) is 25.6 Å². The zero-order valence-electron chi connectivity index (χ0n) is 15.0. The fourth-order valence-corrected chi connectivity index (χ4v) is 4.07. The second-order valence-electron chi connectivity index (χ2n) is 7.18. The fourth-order valence-electron chi connectivity index (χ4n) is 3.97. The molecule has 2 atom stereocenters. The summed E-state index contributed by atoms with van der Waals surface area (Å²) in [6, 6.07) is 3.58. The highest BCUT2D eigenvalue weighted by Gasteiger charge is 2.43. The number of piperidine rings is 1. The van der Waals surface area contributed by atoms with E-state index in [0.29, 0.717) is 23.2 Å². The lowest BCUT2D eigenvalue weighted by Crippen LogP contribution is -2.35. The molecular weight excluding hydrogens is 364 g/mol. The lowest BCUT2D eigenvalue weighted by molar-refractivity contribution is 0.275. The molecule has 0 amide bonds. The first-order valence-corrected chi connectivity index (χ1v) is 9.68. The Morgan fingerprint density at radius 3 is 2.70 bits per heavy atom. The molecular formula is C19H21ClN6O. The van der Waals surface area contributed by atoms with Gasteiger partial charge in [-0.3, -0.25) is 0 Å². The van der Waals surface area contributed by atoms with Crippen LogP contribution in [0.2, 0.25) is 5.02 Å². The minimum Gasteiger partial charge on any atom is -0.478 e. The predicted molar refractivity (Wildman–Crippen MR) is 100 cm³/mol. The molecule has 1 aliphatic heterocycles. The average Bonchev–Trinajstić information content (AvgIpc) is 3.48. The maximum atomic E-state index is 8.86. The van der Waals surface area contributed by atoms with Crippen molar-refractivity contribution in [1.82, 2.24) is 19.9 Å². The number of hydrogen-bond acceptors (Lipinski definition) is 7. The van der Waals surface area contributed by atoms with Gasteiger partial charge in [-0.15, -0.1) is 0 Å². The lowest BCUT2D eigenvalue weighted by Gasteiger charge is -2.32. The molecule has 0 unspecified atom stereocenters. The van der Waals surface area contributed by atoms with Gasteiger partial charge in [-0.05, 0) is 43.4 Å². The number of ether oxygens (including phenoxy) is 1. The molecule has 2 aliphatic rings. The third-order valence-electron chi connectivity index (χ3n) is 5.51. The largest absolute Gasteiger partial charge is 0.478 e. The number of nitrogens with zero attached hydrogens (tertiary/aromatic N) is 6. The number of halogens is 1. The Bertz CT molecular complexity index is 816. The molecule has 0 N–H and O–H groups in total. The van der Waals surface area contributed by atoms with E-state index in [-0.39, 0.29) is 0 Å². The molecule has 0 aromatic carbocycles. The highest BCUT2D eigenvalue weighted by atomic mass is 35.5. The third kappa shape index (κ3) is 4.45. The van der Waals surface area contributed by atoms with Crippen LogP contribution >= 0.6 is 11.6 Å². The Balaban J connectivity index is 1.19. The zero-order chi connectivity index (χ0) is 18.6. The van der Waals surface area contributed by atoms with Crippen LogP contribution in [0.4, 0.5) is 5.95 Å². The smallest absolute Gasteiger partial charge is 0.225 e. The molecule has 8 heteroatoms. The molecule has 0 spiro atoms. The highest BCUT2D eigenvalue weighted by molar-refractivity contribution is 6.30. The van der Waals surface area contributed by atoms with E-state index >= 15 is 0 Å². The molecule has 4 rings (SSSR count). The van der Waals surface area contributed by atoms with Gasteiger partial charge in [-0.2, -0.15) is 5.26 Å². The molecule has 3 heterocycles. The van der Waals surface area contributed by atoms with Crippen LogP contribution in [0.5, 0.6) is 5.88 Å². The monoisotopic (exact) mass is 384 g/mol. The van der Waals surface area contributed by atoms with Gasteiger partial charge in [0.05, 0.1) is 24.0 Å². The highest BCUT2D eigenvalue weighted by Crippen LogP contribution is 2.49. The van der Waals surface area contributed by atoms with E-state index < -0.39 is 0 Å². The quantitative estimate of drug-likeness (QED) is 0.755. The summed E-state index contributed by atoms with van der Waals surface area (Å²) >= 11 is 5.86. The normalized spacial score (nSPS) is 22.3. The topological polar surface area (TPSA) is 87.8 Å². The Labute approximate surface area is 163 Å². The lowest BCUT2D eigenvalue weighted by atomic mass is 9.90. The molecule has 1 saturated carbocycles. The first kappa shape index (κ1) is 17.9. The van der Waals surface area contributed by atoms with Crippen molar-refractivity contribution in [1.29, 1.82) is 5.26 Å². The molecule has 2 aromatic heterocycles. The van der Waals surface area contributed by atoms with Crippen molar-refractivity contribution in [3.05, 3.63) is 35.5 Å². The maximum absolute atomic E-state index is 8.86. The van der Waals surface area contributed by atoms with E-state index in [9.17, 15) is 0 Å². The summed E-state index contributed by atoms with van der Waals surface area (Å²) in [5.74, 6) is 3.59. The van der Waals surface area contributed by atoms with Gasteiger partial charge in [0, 0.05) is 19.2 Å². The third-order valence-corrected chi connectivity index (χ3v) is 5.70. The molecule has 0 radical (unpaired) electrons. The van der Waals surface area contributed by atoms with E-state index in [1.54, 1.807) is 18.5 Å². The molecule has 2 aromatic rings. The van der Waals surface area contributed by atoms with Crippen molar-refractivity contribution in [3.8, 4) is 11.9 Å². The zero-order valence-corrected chi connectivity index (χ0v) is 15.7. The minimum atomic E-state index is 0.334. The van der Waals surface area contributed by atoms with Crippen LogP contribution in [0.3, 0.4) is 0 Å². The van der Waals surface area contributed by atoms with Crippen molar-refractivity contribution in [3.63, 3.8) is 0 Å². The van der Waals surface area contributed by atoms with Crippen LogP contribution in [0.1, 0.15) is 31.4 Å². The molecule has 0 bridgehead atoms. The Morgan fingerprint density at radius 2 is 1.96 bits per heavy atom. The van der Waals surface area contributed by atoms with Crippen molar-refractivity contribution in [2.75, 3.05) is 24.6 Å². The molecule has 1 aliphatic carbocycles. The summed E-state index contributed by atoms with van der Waals surface area (Å²) in [4.78, 5) is 18.8. The first-order valence-electron chi connectivity index (χ1n) is 9.30. The van der Waals surface area contributed by atoms with Gasteiger partial charge in [-0.25, -0.2) is 19.9 Å². The van der Waals surface area contributed by atoms with Crippen LogP contribution in [0, 0.1) is 29.1 Å². The Morgan fingerprint density at radius 1 is 1.19 bits per heavy atom. The molecule has 27 heavy (non-hydrogen) atoms. The Hall–Kier alpha value is -2.46. The minimum absolute atomic E-state index is 0.334. The van der Waals surface area contributed by atoms with E-state index in [0.717, 1.165) is 43.2 Å². The molecule has 1 saturated heterocycles. The standard InChI is InChI=1S/C19H21ClN6O/c20-15-10-22-19(23-11-15)26-4-1-13(2-5-26)17-7-14(17)3-6-27-18-8-16(9-21)24-12-25-18/h8,10-14,17H,1-7H2/t14-,17-/m1/s1. The number of nitriles is 1. The number of hydrogen-bond donors (Lipinski definition) is 0. The van der Waals surface area contributed by atoms with E-state index in [4.69, 9.17) is 21.6 Å². The second-order valence-corrected chi connectivity index (χ2v) is 7.61. The summed E-state index contributed by atoms with van der Waals surface area (Å²) in [5, 5.41) is 9.43. The van der Waals surface area contributed by atoms with Gasteiger partial charge < -0.3 is 9.64 Å². The maximum Gasteiger partial charge on any atom is 0.225 e. The van der Waals surface area contributed by atoms with Crippen LogP contribution in [0.15, 0.2) is 24.8 Å². The summed E-state index contributed by atoms with van der Waals surface area (Å²) in [7, 11) is 0. The number of anilines is 1. The van der Waals surface area contributed by atoms with Gasteiger partial charge in [0.25, 0.3) is 0 Å². The SMILES string of the molecule is N#Cc1cc(OCC[C@@H]2C[C@@H]2C2CCN(c3ncc(Cl)cn3)CC2)ncn1. The van der Waals surface area contributed by atoms with Crippen LogP contribution in [-0.2, 0) is 0 Å². The van der Waals surface area contributed by atoms with Crippen LogP contribution < -0.4 is 9.64 Å². The molecule has 140 valence electrons. The summed E-state index contributed by atoms with van der Waals surface area (Å²) in [6.45, 7) is 2.65. The van der Waals surface area contributed by atoms with E-state index in [1.807, 2.05) is 6.07 Å². The molecule has 2 fully saturated rings. The van der Waals surface area contributed by atoms with Crippen molar-refractivity contribution in [2.24, 2.45) is 17.8 Å². The van der Waals surface area contributed by atoms with Crippen molar-refractivity contribution >= 4 is 17.5 Å². The van der Waals surface area contributed by atoms with Gasteiger partial charge in [0.2, 0.25) is 11.8 Å². The predicted octanol–water partition coefficient (Wildman–Crippen LogP) is 3.11. The van der Waals surface area contributed by atoms with Gasteiger partial charge in [0.1, 0.15) is 18.1 Å². The van der Waals surface area contributed by atoms with Gasteiger partial charge >= 0.3 is 0 Å². The first-order chi connectivity index (χ1) is 13.2. The molecule has 7 nitrogen and oxygen atoms in total. The summed E-state index contributed by atoms with van der Waals surface area (Å²) < 4.78 is 5.68. The van der Waals surface area contributed by atoms with Crippen molar-refractivity contribution < 1.29 is 4.74 Å². The fraction of sp³-hybridized carbons (Fsp3) is 0.526. The van der Waals surface area contributed by atoms with Gasteiger partial charge in [0.15, 0.2) is 0 Å². The Kier molecular flexibility index (Phi) is 5.35. The second kappa shape index (κ2) is 8.05. The summed E-state index contributed by atoms with van der Waals surface area (Å²) in [6.07, 6.45) is 9.38. The van der Waals surface area contributed by atoms with Crippen LogP contribution in [0.25, 0.3) is 0 Å². The van der Waals surface area contributed by atoms with Gasteiger partial charge in [-0.1, -0.05) is 11.6 Å². The average molecular weight is 385 g/mol. The van der Waals surface area contributed by atoms with E-state index in [2.05, 4.69) is 24.8 Å². The number of rotatable bonds is 6. The number of aromatic nitrogens is 4. The summed E-state index contributed by atoms with van der Waals surface area (Å²) in [5.41, 5.74) is 0.334. The van der Waals surface area contributed by atoms with Crippen LogP contribution in [-0.4, -0.2) is 39.6 Å².